The Bertz CT molecular complexity index is 189. The lowest BCUT2D eigenvalue weighted by Crippen LogP contribution is -1.71. The summed E-state index contributed by atoms with van der Waals surface area (Å²) in [5, 5.41) is 0. The molecule has 0 aromatic heterocycles. The zero-order valence-electron chi connectivity index (χ0n) is 6.05. The fourth-order valence-corrected chi connectivity index (χ4v) is 1.61. The molecular weight excluding hydrogens is 160 g/mol. The minimum absolute atomic E-state index is 1.21. The lowest BCUT2D eigenvalue weighted by Gasteiger charge is -1.97. The Kier molecular flexibility index (Phi) is 3.16. The number of benzene rings is 1. The molecule has 0 aliphatic rings. The second-order valence-corrected chi connectivity index (χ2v) is 3.52. The molecule has 0 unspecified atom stereocenters. The van der Waals surface area contributed by atoms with E-state index in [4.69, 9.17) is 0 Å². The maximum absolute atomic E-state index is 3.14. The van der Waals surface area contributed by atoms with Crippen LogP contribution in [0.5, 0.6) is 0 Å². The standard InChI is InChI=1S/C8H9S2/c1-9-7-4-3-5-8(6-7)10-2/h3-4,6H,1-2H3. The number of hydrogen-bond acceptors (Lipinski definition) is 2. The summed E-state index contributed by atoms with van der Waals surface area (Å²) in [6, 6.07) is 9.33. The third kappa shape index (κ3) is 1.96. The van der Waals surface area contributed by atoms with Crippen LogP contribution >= 0.6 is 23.5 Å². The molecule has 53 valence electrons. The average Bonchev–Trinajstić information content (AvgIpc) is 2.05. The maximum Gasteiger partial charge on any atom is 0.0159 e. The Morgan fingerprint density at radius 3 is 2.70 bits per heavy atom. The monoisotopic (exact) mass is 169 g/mol. The fourth-order valence-electron chi connectivity index (χ4n) is 0.670. The average molecular weight is 169 g/mol. The third-order valence-corrected chi connectivity index (χ3v) is 2.60. The molecule has 0 saturated heterocycles. The van der Waals surface area contributed by atoms with Crippen molar-refractivity contribution in [1.29, 1.82) is 0 Å². The van der Waals surface area contributed by atoms with E-state index >= 15 is 0 Å². The molecule has 1 radical (unpaired) electrons. The molecule has 0 fully saturated rings. The lowest BCUT2D eigenvalue weighted by atomic mass is 10.4. The van der Waals surface area contributed by atoms with Crippen molar-refractivity contribution in [1.82, 2.24) is 0 Å². The van der Waals surface area contributed by atoms with E-state index in [2.05, 4.69) is 30.7 Å². The van der Waals surface area contributed by atoms with Crippen LogP contribution in [0.4, 0.5) is 0 Å². The minimum Gasteiger partial charge on any atom is -0.130 e. The lowest BCUT2D eigenvalue weighted by molar-refractivity contribution is 1.33. The molecule has 0 bridgehead atoms. The molecule has 0 amide bonds. The zero-order chi connectivity index (χ0) is 7.40. The first-order valence-electron chi connectivity index (χ1n) is 2.96. The van der Waals surface area contributed by atoms with Gasteiger partial charge >= 0.3 is 0 Å². The summed E-state index contributed by atoms with van der Waals surface area (Å²) in [7, 11) is 0. The van der Waals surface area contributed by atoms with Crippen LogP contribution in [-0.2, 0) is 0 Å². The van der Waals surface area contributed by atoms with Gasteiger partial charge in [0.2, 0.25) is 0 Å². The van der Waals surface area contributed by atoms with Crippen LogP contribution < -0.4 is 0 Å². The Labute approximate surface area is 70.4 Å². The molecule has 2 heteroatoms. The van der Waals surface area contributed by atoms with E-state index in [0.29, 0.717) is 0 Å². The van der Waals surface area contributed by atoms with Gasteiger partial charge in [-0.3, -0.25) is 0 Å². The Hall–Kier alpha value is -0.0800. The largest absolute Gasteiger partial charge is 0.130 e. The Morgan fingerprint density at radius 1 is 1.30 bits per heavy atom. The SMILES string of the molecule is CSc1[c]ccc(SC)c1. The van der Waals surface area contributed by atoms with Gasteiger partial charge in [-0.2, -0.15) is 0 Å². The van der Waals surface area contributed by atoms with E-state index in [1.807, 2.05) is 6.07 Å². The van der Waals surface area contributed by atoms with Crippen molar-refractivity contribution in [2.75, 3.05) is 12.5 Å². The number of thioether (sulfide) groups is 2. The van der Waals surface area contributed by atoms with Crippen molar-refractivity contribution in [2.45, 2.75) is 9.79 Å². The van der Waals surface area contributed by atoms with Crippen molar-refractivity contribution in [3.05, 3.63) is 24.3 Å². The molecule has 1 aromatic carbocycles. The molecule has 0 aliphatic carbocycles. The second-order valence-electron chi connectivity index (χ2n) is 1.80. The molecule has 1 rings (SSSR count). The molecule has 0 atom stereocenters. The third-order valence-electron chi connectivity index (χ3n) is 1.20. The summed E-state index contributed by atoms with van der Waals surface area (Å²) < 4.78 is 0. The van der Waals surface area contributed by atoms with Gasteiger partial charge in [0.25, 0.3) is 0 Å². The van der Waals surface area contributed by atoms with Crippen molar-refractivity contribution >= 4 is 23.5 Å². The van der Waals surface area contributed by atoms with E-state index < -0.39 is 0 Å². The topological polar surface area (TPSA) is 0 Å². The first-order chi connectivity index (χ1) is 4.86. The molecule has 1 aromatic rings. The van der Waals surface area contributed by atoms with E-state index in [-0.39, 0.29) is 0 Å². The van der Waals surface area contributed by atoms with E-state index in [9.17, 15) is 0 Å². The Morgan fingerprint density at radius 2 is 2.10 bits per heavy atom. The fraction of sp³-hybridized carbons (Fsp3) is 0.250. The first-order valence-corrected chi connectivity index (χ1v) is 5.41. The van der Waals surface area contributed by atoms with Crippen molar-refractivity contribution < 1.29 is 0 Å². The second kappa shape index (κ2) is 3.94. The minimum atomic E-state index is 1.21. The van der Waals surface area contributed by atoms with Gasteiger partial charge in [-0.05, 0) is 30.7 Å². The van der Waals surface area contributed by atoms with Crippen LogP contribution in [0.2, 0.25) is 0 Å². The van der Waals surface area contributed by atoms with Gasteiger partial charge in [0.15, 0.2) is 0 Å². The number of hydrogen-bond donors (Lipinski definition) is 0. The van der Waals surface area contributed by atoms with Crippen LogP contribution in [0.25, 0.3) is 0 Å². The highest BCUT2D eigenvalue weighted by atomic mass is 32.2. The summed E-state index contributed by atoms with van der Waals surface area (Å²) in [6.07, 6.45) is 4.15. The summed E-state index contributed by atoms with van der Waals surface area (Å²) in [6.45, 7) is 0. The van der Waals surface area contributed by atoms with E-state index in [0.717, 1.165) is 0 Å². The van der Waals surface area contributed by atoms with E-state index in [1.54, 1.807) is 23.5 Å². The molecule has 0 saturated carbocycles. The summed E-state index contributed by atoms with van der Waals surface area (Å²) in [5.41, 5.74) is 0. The molecule has 0 spiro atoms. The summed E-state index contributed by atoms with van der Waals surface area (Å²) >= 11 is 3.49. The highest BCUT2D eigenvalue weighted by Crippen LogP contribution is 2.20. The highest BCUT2D eigenvalue weighted by Gasteiger charge is 1.91. The van der Waals surface area contributed by atoms with Gasteiger partial charge in [-0.25, -0.2) is 0 Å². The maximum atomic E-state index is 3.14. The smallest absolute Gasteiger partial charge is 0.0159 e. The van der Waals surface area contributed by atoms with Crippen molar-refractivity contribution in [2.24, 2.45) is 0 Å². The van der Waals surface area contributed by atoms with E-state index in [1.165, 1.54) is 9.79 Å². The van der Waals surface area contributed by atoms with Crippen molar-refractivity contribution in [3.63, 3.8) is 0 Å². The van der Waals surface area contributed by atoms with Gasteiger partial charge < -0.3 is 0 Å². The van der Waals surface area contributed by atoms with Gasteiger partial charge in [0.05, 0.1) is 0 Å². The molecule has 0 heterocycles. The van der Waals surface area contributed by atoms with Crippen LogP contribution in [0.15, 0.2) is 28.0 Å². The summed E-state index contributed by atoms with van der Waals surface area (Å²) in [5.74, 6) is 0. The predicted molar refractivity (Wildman–Crippen MR) is 48.8 cm³/mol. The van der Waals surface area contributed by atoms with Crippen LogP contribution in [0, 0.1) is 6.07 Å². The molecule has 10 heavy (non-hydrogen) atoms. The predicted octanol–water partition coefficient (Wildman–Crippen LogP) is 2.93. The van der Waals surface area contributed by atoms with Gasteiger partial charge in [-0.1, -0.05) is 6.07 Å². The van der Waals surface area contributed by atoms with Gasteiger partial charge in [0, 0.05) is 9.79 Å². The number of rotatable bonds is 2. The molecule has 0 nitrogen and oxygen atoms in total. The molecule has 0 aliphatic heterocycles. The quantitative estimate of drug-likeness (QED) is 0.624. The Balaban J connectivity index is 2.87. The van der Waals surface area contributed by atoms with Gasteiger partial charge in [-0.15, -0.1) is 23.5 Å². The van der Waals surface area contributed by atoms with Crippen LogP contribution in [-0.4, -0.2) is 12.5 Å². The summed E-state index contributed by atoms with van der Waals surface area (Å²) in [4.78, 5) is 2.52. The highest BCUT2D eigenvalue weighted by molar-refractivity contribution is 7.99. The van der Waals surface area contributed by atoms with Crippen LogP contribution in [0.1, 0.15) is 0 Å². The van der Waals surface area contributed by atoms with Crippen molar-refractivity contribution in [3.8, 4) is 0 Å². The normalized spacial score (nSPS) is 9.80. The molecular formula is C8H9S2. The molecule has 0 N–H and O–H groups in total. The van der Waals surface area contributed by atoms with Crippen LogP contribution in [0.3, 0.4) is 0 Å². The van der Waals surface area contributed by atoms with Gasteiger partial charge in [0.1, 0.15) is 0 Å². The zero-order valence-corrected chi connectivity index (χ0v) is 7.68. The first kappa shape index (κ1) is 8.02.